The average molecular weight is 404 g/mol. The van der Waals surface area contributed by atoms with Crippen LogP contribution in [0.1, 0.15) is 20.3 Å². The van der Waals surface area contributed by atoms with Crippen LogP contribution in [0.2, 0.25) is 0 Å². The van der Waals surface area contributed by atoms with Crippen LogP contribution < -0.4 is 0 Å². The van der Waals surface area contributed by atoms with E-state index in [1.54, 1.807) is 35.0 Å². The van der Waals surface area contributed by atoms with Crippen molar-refractivity contribution in [2.24, 2.45) is 10.9 Å². The number of nitrogens with zero attached hydrogens (tertiary/aromatic N) is 4. The van der Waals surface area contributed by atoms with Crippen molar-refractivity contribution in [2.75, 3.05) is 39.3 Å². The van der Waals surface area contributed by atoms with E-state index in [2.05, 4.69) is 4.99 Å². The molecule has 3 rings (SSSR count). The Bertz CT molecular complexity index is 781. The number of rotatable bonds is 4. The van der Waals surface area contributed by atoms with Crippen LogP contribution in [0.15, 0.2) is 28.8 Å². The molecule has 0 radical (unpaired) electrons. The zero-order valence-electron chi connectivity index (χ0n) is 16.1. The molecule has 1 atom stereocenters. The summed E-state index contributed by atoms with van der Waals surface area (Å²) in [4.78, 5) is 46.4. The van der Waals surface area contributed by atoms with Crippen molar-refractivity contribution >= 4 is 40.9 Å². The molecule has 0 spiro atoms. The molecule has 0 aromatic rings. The molecule has 28 heavy (non-hydrogen) atoms. The predicted octanol–water partition coefficient (Wildman–Crippen LogP) is 1.38. The Balaban J connectivity index is 1.68. The summed E-state index contributed by atoms with van der Waals surface area (Å²) in [5.41, 5.74) is 0.984. The van der Waals surface area contributed by atoms with Crippen LogP contribution in [0.25, 0.3) is 0 Å². The molecule has 0 bridgehead atoms. The Hall–Kier alpha value is -2.55. The molecule has 8 nitrogen and oxygen atoms in total. The number of ether oxygens (including phenoxy) is 1. The summed E-state index contributed by atoms with van der Waals surface area (Å²) in [5, 5.41) is 0.250. The van der Waals surface area contributed by atoms with Gasteiger partial charge in [0.2, 0.25) is 11.0 Å². The lowest BCUT2D eigenvalue weighted by Crippen LogP contribution is -2.51. The van der Waals surface area contributed by atoms with Crippen LogP contribution in [-0.4, -0.2) is 82.8 Å². The third kappa shape index (κ3) is 3.99. The van der Waals surface area contributed by atoms with Gasteiger partial charge in [0.25, 0.3) is 5.91 Å². The normalized spacial score (nSPS) is 21.9. The third-order valence-electron chi connectivity index (χ3n) is 4.87. The Morgan fingerprint density at radius 2 is 1.89 bits per heavy atom. The highest BCUT2D eigenvalue weighted by atomic mass is 32.1. The molecule has 150 valence electrons. The Labute approximate surface area is 169 Å². The number of hydrogen-bond donors (Lipinski definition) is 0. The molecule has 0 aromatic carbocycles. The zero-order chi connectivity index (χ0) is 20.3. The van der Waals surface area contributed by atoms with Crippen molar-refractivity contribution in [1.82, 2.24) is 14.7 Å². The molecule has 0 N–H and O–H groups in total. The minimum atomic E-state index is -0.490. The maximum atomic E-state index is 12.8. The first-order valence-electron chi connectivity index (χ1n) is 9.51. The first kappa shape index (κ1) is 20.2. The topological polar surface area (TPSA) is 82.5 Å². The van der Waals surface area contributed by atoms with Crippen LogP contribution in [0.3, 0.4) is 0 Å². The van der Waals surface area contributed by atoms with Crippen molar-refractivity contribution in [1.29, 1.82) is 0 Å². The van der Waals surface area contributed by atoms with Gasteiger partial charge in [-0.3, -0.25) is 14.5 Å². The number of amides is 3. The molecule has 1 aliphatic carbocycles. The van der Waals surface area contributed by atoms with Crippen LogP contribution >= 0.6 is 12.2 Å². The second kappa shape index (κ2) is 8.64. The Morgan fingerprint density at radius 1 is 1.21 bits per heavy atom. The van der Waals surface area contributed by atoms with E-state index in [1.165, 1.54) is 4.90 Å². The van der Waals surface area contributed by atoms with Gasteiger partial charge in [-0.1, -0.05) is 19.1 Å². The van der Waals surface area contributed by atoms with Crippen LogP contribution in [0.4, 0.5) is 4.79 Å². The quantitative estimate of drug-likeness (QED) is 0.661. The fourth-order valence-corrected chi connectivity index (χ4v) is 3.68. The van der Waals surface area contributed by atoms with E-state index >= 15 is 0 Å². The molecule has 9 heteroatoms. The lowest BCUT2D eigenvalue weighted by Gasteiger charge is -2.35. The van der Waals surface area contributed by atoms with Gasteiger partial charge >= 0.3 is 6.09 Å². The van der Waals surface area contributed by atoms with Gasteiger partial charge in [-0.15, -0.1) is 0 Å². The summed E-state index contributed by atoms with van der Waals surface area (Å²) >= 11 is 5.25. The second-order valence-corrected chi connectivity index (χ2v) is 7.09. The maximum Gasteiger partial charge on any atom is 0.409 e. The summed E-state index contributed by atoms with van der Waals surface area (Å²) < 4.78 is 5.00. The van der Waals surface area contributed by atoms with Gasteiger partial charge in [0.15, 0.2) is 0 Å². The maximum absolute atomic E-state index is 12.8. The number of hydrogen-bond acceptors (Lipinski definition) is 5. The van der Waals surface area contributed by atoms with E-state index in [-0.39, 0.29) is 23.0 Å². The first-order valence-corrected chi connectivity index (χ1v) is 9.91. The van der Waals surface area contributed by atoms with E-state index in [1.807, 2.05) is 6.92 Å². The van der Waals surface area contributed by atoms with Crippen molar-refractivity contribution in [3.8, 4) is 0 Å². The minimum Gasteiger partial charge on any atom is -0.450 e. The molecule has 1 fully saturated rings. The molecule has 3 amide bonds. The molecule has 2 aliphatic heterocycles. The van der Waals surface area contributed by atoms with Gasteiger partial charge in [-0.05, 0) is 31.6 Å². The van der Waals surface area contributed by atoms with E-state index in [4.69, 9.17) is 17.0 Å². The summed E-state index contributed by atoms with van der Waals surface area (Å²) in [6.07, 6.45) is 5.49. The highest BCUT2D eigenvalue weighted by Gasteiger charge is 2.35. The van der Waals surface area contributed by atoms with Gasteiger partial charge < -0.3 is 14.5 Å². The number of thiocarbonyl (C=S) groups is 1. The number of allylic oxidation sites excluding steroid dienone is 1. The largest absolute Gasteiger partial charge is 0.450 e. The third-order valence-corrected chi connectivity index (χ3v) is 5.18. The predicted molar refractivity (Wildman–Crippen MR) is 108 cm³/mol. The van der Waals surface area contributed by atoms with Crippen LogP contribution in [0, 0.1) is 5.92 Å². The average Bonchev–Trinajstić information content (AvgIpc) is 2.70. The second-order valence-electron chi connectivity index (χ2n) is 6.72. The van der Waals surface area contributed by atoms with E-state index in [0.29, 0.717) is 50.6 Å². The van der Waals surface area contributed by atoms with Crippen LogP contribution in [0.5, 0.6) is 0 Å². The summed E-state index contributed by atoms with van der Waals surface area (Å²) in [6, 6.07) is 0. The summed E-state index contributed by atoms with van der Waals surface area (Å²) in [5.74, 6) is -0.732. The molecule has 1 unspecified atom stereocenters. The lowest BCUT2D eigenvalue weighted by atomic mass is 9.91. The molecule has 2 heterocycles. The van der Waals surface area contributed by atoms with E-state index < -0.39 is 5.92 Å². The highest BCUT2D eigenvalue weighted by molar-refractivity contribution is 7.80. The molecule has 1 saturated heterocycles. The zero-order valence-corrected chi connectivity index (χ0v) is 16.9. The van der Waals surface area contributed by atoms with Crippen molar-refractivity contribution < 1.29 is 19.1 Å². The molecule has 0 saturated carbocycles. The van der Waals surface area contributed by atoms with Gasteiger partial charge in [-0.2, -0.15) is 0 Å². The van der Waals surface area contributed by atoms with Gasteiger partial charge in [0.1, 0.15) is 0 Å². The number of aliphatic imine (C=N–C) groups is 1. The Kier molecular flexibility index (Phi) is 6.23. The van der Waals surface area contributed by atoms with Crippen molar-refractivity contribution in [3.05, 3.63) is 23.8 Å². The number of piperazine rings is 1. The number of carbonyl (C=O) groups is 3. The monoisotopic (exact) mass is 404 g/mol. The van der Waals surface area contributed by atoms with Crippen molar-refractivity contribution in [2.45, 2.75) is 20.3 Å². The molecule has 0 aromatic heterocycles. The van der Waals surface area contributed by atoms with Gasteiger partial charge in [0, 0.05) is 38.3 Å². The van der Waals surface area contributed by atoms with Gasteiger partial charge in [-0.25, -0.2) is 9.79 Å². The molecule has 3 aliphatic rings. The number of fused-ring (bicyclic) bond motifs is 1. The fraction of sp³-hybridized carbons (Fsp3) is 0.526. The van der Waals surface area contributed by atoms with E-state index in [9.17, 15) is 14.4 Å². The molecular weight excluding hydrogens is 380 g/mol. The standard InChI is InChI=1S/C19H24N4O4S/c1-3-7-23-17(25)14-6-5-13(12-15(14)20-18(23)28)16(24)21-8-10-22(11-9-21)19(26)27-4-2/h5-6,12,14H,3-4,7-11H2,1-2H3. The van der Waals surface area contributed by atoms with Gasteiger partial charge in [0.05, 0.1) is 18.2 Å². The molecular formula is C19H24N4O4S. The summed E-state index contributed by atoms with van der Waals surface area (Å²) in [6.45, 7) is 6.33. The Morgan fingerprint density at radius 3 is 2.54 bits per heavy atom. The highest BCUT2D eigenvalue weighted by Crippen LogP contribution is 2.23. The summed E-state index contributed by atoms with van der Waals surface area (Å²) in [7, 11) is 0. The fourth-order valence-electron chi connectivity index (χ4n) is 3.39. The van der Waals surface area contributed by atoms with E-state index in [0.717, 1.165) is 6.42 Å². The lowest BCUT2D eigenvalue weighted by molar-refractivity contribution is -0.129. The van der Waals surface area contributed by atoms with Crippen LogP contribution in [-0.2, 0) is 14.3 Å². The smallest absolute Gasteiger partial charge is 0.409 e. The van der Waals surface area contributed by atoms with Crippen molar-refractivity contribution in [3.63, 3.8) is 0 Å². The first-order chi connectivity index (χ1) is 13.5. The number of carbonyl (C=O) groups excluding carboxylic acids is 3. The minimum absolute atomic E-state index is 0.0982. The SMILES string of the molecule is CCCN1C(=O)C2C=CC(C(=O)N3CCN(C(=O)OCC)CC3)=CC2=NC1=S.